The number of likely N-dealkylation sites (tertiary alicyclic amines) is 1. The number of carbonyl (C=O) groups is 2. The number of rotatable bonds is 4. The highest BCUT2D eigenvalue weighted by atomic mass is 16.6. The highest BCUT2D eigenvalue weighted by molar-refractivity contribution is 5.76. The van der Waals surface area contributed by atoms with E-state index in [1.807, 2.05) is 35.2 Å². The van der Waals surface area contributed by atoms with E-state index in [-0.39, 0.29) is 12.0 Å². The molecular formula is C19H27N3O3. The molecule has 3 rings (SSSR count). The van der Waals surface area contributed by atoms with Crippen LogP contribution in [0.4, 0.5) is 4.79 Å². The van der Waals surface area contributed by atoms with Crippen LogP contribution in [0, 0.1) is 5.92 Å². The van der Waals surface area contributed by atoms with Gasteiger partial charge in [-0.3, -0.25) is 4.79 Å². The molecule has 0 aliphatic carbocycles. The highest BCUT2D eigenvalue weighted by Gasteiger charge is 2.27. The van der Waals surface area contributed by atoms with Gasteiger partial charge in [-0.2, -0.15) is 0 Å². The van der Waals surface area contributed by atoms with E-state index in [1.165, 1.54) is 0 Å². The zero-order chi connectivity index (χ0) is 17.5. The van der Waals surface area contributed by atoms with Crippen molar-refractivity contribution in [3.63, 3.8) is 0 Å². The van der Waals surface area contributed by atoms with Gasteiger partial charge >= 0.3 is 6.09 Å². The summed E-state index contributed by atoms with van der Waals surface area (Å²) in [6.07, 6.45) is 2.10. The fourth-order valence-corrected chi connectivity index (χ4v) is 3.42. The van der Waals surface area contributed by atoms with Crippen LogP contribution in [0.1, 0.15) is 24.8 Å². The van der Waals surface area contributed by atoms with E-state index in [4.69, 9.17) is 4.74 Å². The molecule has 0 atom stereocenters. The summed E-state index contributed by atoms with van der Waals surface area (Å²) in [6, 6.07) is 9.70. The van der Waals surface area contributed by atoms with Crippen LogP contribution in [-0.2, 0) is 16.1 Å². The fraction of sp³-hybridized carbons (Fsp3) is 0.579. The first-order valence-electron chi connectivity index (χ1n) is 9.16. The van der Waals surface area contributed by atoms with Gasteiger partial charge in [-0.15, -0.1) is 0 Å². The molecule has 0 bridgehead atoms. The maximum Gasteiger partial charge on any atom is 0.410 e. The summed E-state index contributed by atoms with van der Waals surface area (Å²) in [5.74, 6) is 0.632. The average molecular weight is 345 g/mol. The Morgan fingerprint density at radius 3 is 2.36 bits per heavy atom. The van der Waals surface area contributed by atoms with Crippen molar-refractivity contribution < 1.29 is 14.3 Å². The molecule has 136 valence electrons. The van der Waals surface area contributed by atoms with E-state index in [2.05, 4.69) is 5.32 Å². The maximum atomic E-state index is 12.3. The lowest BCUT2D eigenvalue weighted by Crippen LogP contribution is -2.47. The minimum absolute atomic E-state index is 0.254. The van der Waals surface area contributed by atoms with Crippen molar-refractivity contribution in [1.82, 2.24) is 15.1 Å². The minimum Gasteiger partial charge on any atom is -0.445 e. The van der Waals surface area contributed by atoms with Crippen molar-refractivity contribution in [1.29, 1.82) is 0 Å². The summed E-state index contributed by atoms with van der Waals surface area (Å²) in [5, 5.41) is 3.26. The van der Waals surface area contributed by atoms with Crippen LogP contribution in [0.15, 0.2) is 30.3 Å². The number of benzene rings is 1. The molecule has 0 spiro atoms. The van der Waals surface area contributed by atoms with Gasteiger partial charge in [-0.1, -0.05) is 30.3 Å². The predicted molar refractivity (Wildman–Crippen MR) is 95.0 cm³/mol. The quantitative estimate of drug-likeness (QED) is 0.905. The lowest BCUT2D eigenvalue weighted by molar-refractivity contribution is -0.133. The molecule has 6 nitrogen and oxygen atoms in total. The van der Waals surface area contributed by atoms with Crippen LogP contribution in [-0.4, -0.2) is 61.1 Å². The molecule has 0 saturated carbocycles. The van der Waals surface area contributed by atoms with Gasteiger partial charge in [0.05, 0.1) is 0 Å². The third-order valence-corrected chi connectivity index (χ3v) is 5.01. The molecule has 2 fully saturated rings. The number of hydrogen-bond donors (Lipinski definition) is 1. The van der Waals surface area contributed by atoms with E-state index in [0.717, 1.165) is 44.6 Å². The Balaban J connectivity index is 1.37. The number of amides is 2. The lowest BCUT2D eigenvalue weighted by atomic mass is 9.93. The molecule has 1 aromatic carbocycles. The van der Waals surface area contributed by atoms with Crippen molar-refractivity contribution in [3.05, 3.63) is 35.9 Å². The van der Waals surface area contributed by atoms with E-state index >= 15 is 0 Å². The van der Waals surface area contributed by atoms with E-state index in [9.17, 15) is 9.59 Å². The van der Waals surface area contributed by atoms with Crippen LogP contribution in [0.3, 0.4) is 0 Å². The normalized spacial score (nSPS) is 18.9. The third kappa shape index (κ3) is 5.19. The van der Waals surface area contributed by atoms with Gasteiger partial charge in [0, 0.05) is 45.7 Å². The Bertz CT molecular complexity index is 565. The molecule has 2 heterocycles. The number of nitrogens with one attached hydrogen (secondary N) is 1. The molecule has 6 heteroatoms. The minimum atomic E-state index is -0.254. The van der Waals surface area contributed by atoms with Crippen LogP contribution in [0.2, 0.25) is 0 Å². The molecule has 0 radical (unpaired) electrons. The zero-order valence-electron chi connectivity index (χ0n) is 14.7. The van der Waals surface area contributed by atoms with Crippen molar-refractivity contribution in [3.8, 4) is 0 Å². The Labute approximate surface area is 149 Å². The third-order valence-electron chi connectivity index (χ3n) is 5.01. The fourth-order valence-electron chi connectivity index (χ4n) is 3.42. The van der Waals surface area contributed by atoms with Crippen LogP contribution >= 0.6 is 0 Å². The number of carbonyl (C=O) groups excluding carboxylic acids is 2. The molecule has 1 N–H and O–H groups in total. The number of nitrogens with zero attached hydrogens (tertiary/aromatic N) is 2. The molecule has 2 amide bonds. The largest absolute Gasteiger partial charge is 0.445 e. The topological polar surface area (TPSA) is 61.9 Å². The second kappa shape index (κ2) is 8.85. The number of piperidine rings is 1. The first-order valence-corrected chi connectivity index (χ1v) is 9.16. The number of hydrogen-bond acceptors (Lipinski definition) is 4. The second-order valence-corrected chi connectivity index (χ2v) is 6.81. The molecule has 2 aliphatic heterocycles. The molecule has 1 aromatic rings. The Hall–Kier alpha value is -2.08. The van der Waals surface area contributed by atoms with Crippen LogP contribution in [0.25, 0.3) is 0 Å². The molecular weight excluding hydrogens is 318 g/mol. The first-order chi connectivity index (χ1) is 12.2. The average Bonchev–Trinajstić information content (AvgIpc) is 2.68. The van der Waals surface area contributed by atoms with Crippen LogP contribution < -0.4 is 5.32 Å². The van der Waals surface area contributed by atoms with Gasteiger partial charge in [0.2, 0.25) is 5.91 Å². The molecule has 2 aliphatic rings. The van der Waals surface area contributed by atoms with Crippen molar-refractivity contribution in [2.45, 2.75) is 25.9 Å². The van der Waals surface area contributed by atoms with Crippen molar-refractivity contribution in [2.75, 3.05) is 39.3 Å². The maximum absolute atomic E-state index is 12.3. The van der Waals surface area contributed by atoms with E-state index < -0.39 is 0 Å². The monoisotopic (exact) mass is 345 g/mol. The summed E-state index contributed by atoms with van der Waals surface area (Å²) < 4.78 is 5.38. The SMILES string of the molecule is O=C(CC1CCN(C(=O)OCc2ccccc2)CC1)N1CCNCC1. The number of piperazine rings is 1. The Kier molecular flexibility index (Phi) is 6.28. The lowest BCUT2D eigenvalue weighted by Gasteiger charge is -2.33. The van der Waals surface area contributed by atoms with Crippen LogP contribution in [0.5, 0.6) is 0 Å². The van der Waals surface area contributed by atoms with Gasteiger partial charge in [0.1, 0.15) is 6.61 Å². The van der Waals surface area contributed by atoms with Crippen molar-refractivity contribution >= 4 is 12.0 Å². The van der Waals surface area contributed by atoms with Crippen molar-refractivity contribution in [2.24, 2.45) is 5.92 Å². The Morgan fingerprint density at radius 1 is 1.00 bits per heavy atom. The van der Waals surface area contributed by atoms with Gasteiger partial charge < -0.3 is 19.9 Å². The van der Waals surface area contributed by atoms with E-state index in [0.29, 0.717) is 32.0 Å². The summed E-state index contributed by atoms with van der Waals surface area (Å²) in [6.45, 7) is 5.04. The predicted octanol–water partition coefficient (Wildman–Crippen LogP) is 1.86. The standard InChI is InChI=1S/C19H27N3O3/c23-18(21-12-8-20-9-13-21)14-16-6-10-22(11-7-16)19(24)25-15-17-4-2-1-3-5-17/h1-5,16,20H,6-15H2. The molecule has 0 aromatic heterocycles. The number of ether oxygens (including phenoxy) is 1. The summed E-state index contributed by atoms with van der Waals surface area (Å²) in [7, 11) is 0. The zero-order valence-corrected chi connectivity index (χ0v) is 14.7. The first kappa shape index (κ1) is 17.7. The second-order valence-electron chi connectivity index (χ2n) is 6.81. The molecule has 0 unspecified atom stereocenters. The van der Waals surface area contributed by atoms with Gasteiger partial charge in [0.15, 0.2) is 0 Å². The summed E-state index contributed by atoms with van der Waals surface area (Å²) in [4.78, 5) is 28.2. The molecule has 2 saturated heterocycles. The Morgan fingerprint density at radius 2 is 1.68 bits per heavy atom. The summed E-state index contributed by atoms with van der Waals surface area (Å²) in [5.41, 5.74) is 0.993. The van der Waals surface area contributed by atoms with Gasteiger partial charge in [-0.05, 0) is 24.3 Å². The van der Waals surface area contributed by atoms with Gasteiger partial charge in [0.25, 0.3) is 0 Å². The molecule has 25 heavy (non-hydrogen) atoms. The van der Waals surface area contributed by atoms with E-state index in [1.54, 1.807) is 4.90 Å². The summed E-state index contributed by atoms with van der Waals surface area (Å²) >= 11 is 0. The highest BCUT2D eigenvalue weighted by Crippen LogP contribution is 2.22. The smallest absolute Gasteiger partial charge is 0.410 e. The van der Waals surface area contributed by atoms with Gasteiger partial charge in [-0.25, -0.2) is 4.79 Å².